The molecule has 2 N–H and O–H groups in total. The fourth-order valence-electron chi connectivity index (χ4n) is 2.34. The fourth-order valence-corrected chi connectivity index (χ4v) is 2.34. The van der Waals surface area contributed by atoms with E-state index in [2.05, 4.69) is 23.1 Å². The molecule has 2 aromatic carbocycles. The van der Waals surface area contributed by atoms with Crippen LogP contribution in [0.4, 0.5) is 10.1 Å². The zero-order chi connectivity index (χ0) is 14.5. The lowest BCUT2D eigenvalue weighted by atomic mass is 9.91. The molecule has 0 amide bonds. The zero-order valence-electron chi connectivity index (χ0n) is 12.0. The topological polar surface area (TPSA) is 29.3 Å². The highest BCUT2D eigenvalue weighted by molar-refractivity contribution is 5.48. The Hall–Kier alpha value is -1.87. The standard InChI is InChI=1S/C17H21FN2/c1-20(2)17-8-4-6-14(11-17)15(12-19)9-13-5-3-7-16(18)10-13/h3-8,10-11,15H,9,12,19H2,1-2H3. The van der Waals surface area contributed by atoms with Gasteiger partial charge in [0.15, 0.2) is 0 Å². The molecule has 106 valence electrons. The first-order valence-electron chi connectivity index (χ1n) is 6.82. The molecule has 0 aliphatic carbocycles. The van der Waals surface area contributed by atoms with Crippen LogP contribution in [0.3, 0.4) is 0 Å². The molecule has 3 heteroatoms. The van der Waals surface area contributed by atoms with E-state index in [1.165, 1.54) is 11.6 Å². The van der Waals surface area contributed by atoms with Crippen molar-refractivity contribution < 1.29 is 4.39 Å². The van der Waals surface area contributed by atoms with E-state index in [0.717, 1.165) is 17.7 Å². The molecular weight excluding hydrogens is 251 g/mol. The van der Waals surface area contributed by atoms with Gasteiger partial charge in [-0.2, -0.15) is 0 Å². The van der Waals surface area contributed by atoms with Crippen LogP contribution < -0.4 is 10.6 Å². The number of halogens is 1. The van der Waals surface area contributed by atoms with Crippen LogP contribution >= 0.6 is 0 Å². The normalized spacial score (nSPS) is 12.2. The van der Waals surface area contributed by atoms with E-state index in [4.69, 9.17) is 5.73 Å². The summed E-state index contributed by atoms with van der Waals surface area (Å²) in [5, 5.41) is 0. The van der Waals surface area contributed by atoms with Gasteiger partial charge in [-0.15, -0.1) is 0 Å². The van der Waals surface area contributed by atoms with Crippen molar-refractivity contribution in [2.45, 2.75) is 12.3 Å². The lowest BCUT2D eigenvalue weighted by Gasteiger charge is -2.19. The molecule has 0 fully saturated rings. The first kappa shape index (κ1) is 14.5. The van der Waals surface area contributed by atoms with Gasteiger partial charge in [0, 0.05) is 25.7 Å². The Bertz CT molecular complexity index is 566. The third-order valence-corrected chi connectivity index (χ3v) is 3.51. The molecule has 0 heterocycles. The molecule has 2 aromatic rings. The van der Waals surface area contributed by atoms with E-state index in [1.54, 1.807) is 12.1 Å². The minimum absolute atomic E-state index is 0.194. The molecule has 0 saturated heterocycles. The van der Waals surface area contributed by atoms with Crippen LogP contribution in [0.25, 0.3) is 0 Å². The minimum Gasteiger partial charge on any atom is -0.378 e. The van der Waals surface area contributed by atoms with Gasteiger partial charge in [0.05, 0.1) is 0 Å². The van der Waals surface area contributed by atoms with Crippen LogP contribution in [0.15, 0.2) is 48.5 Å². The van der Waals surface area contributed by atoms with Gasteiger partial charge in [-0.3, -0.25) is 0 Å². The van der Waals surface area contributed by atoms with Gasteiger partial charge in [0.2, 0.25) is 0 Å². The lowest BCUT2D eigenvalue weighted by Crippen LogP contribution is -2.16. The smallest absolute Gasteiger partial charge is 0.123 e. The summed E-state index contributed by atoms with van der Waals surface area (Å²) < 4.78 is 13.3. The highest BCUT2D eigenvalue weighted by Gasteiger charge is 2.12. The number of hydrogen-bond donors (Lipinski definition) is 1. The van der Waals surface area contributed by atoms with Crippen molar-refractivity contribution in [3.63, 3.8) is 0 Å². The van der Waals surface area contributed by atoms with Gasteiger partial charge in [-0.25, -0.2) is 4.39 Å². The van der Waals surface area contributed by atoms with Crippen molar-refractivity contribution in [2.24, 2.45) is 5.73 Å². The molecule has 0 spiro atoms. The second kappa shape index (κ2) is 6.53. The number of rotatable bonds is 5. The first-order valence-corrected chi connectivity index (χ1v) is 6.82. The summed E-state index contributed by atoms with van der Waals surface area (Å²) in [4.78, 5) is 2.07. The molecule has 0 aliphatic heterocycles. The number of nitrogens with zero attached hydrogens (tertiary/aromatic N) is 1. The molecule has 0 radical (unpaired) electrons. The van der Waals surface area contributed by atoms with Crippen molar-refractivity contribution >= 4 is 5.69 Å². The number of nitrogens with two attached hydrogens (primary N) is 1. The van der Waals surface area contributed by atoms with Crippen molar-refractivity contribution in [3.8, 4) is 0 Å². The second-order valence-corrected chi connectivity index (χ2v) is 5.26. The number of hydrogen-bond acceptors (Lipinski definition) is 2. The Morgan fingerprint density at radius 3 is 2.50 bits per heavy atom. The lowest BCUT2D eigenvalue weighted by molar-refractivity contribution is 0.621. The van der Waals surface area contributed by atoms with Crippen LogP contribution in [0.5, 0.6) is 0 Å². The van der Waals surface area contributed by atoms with Crippen molar-refractivity contribution in [3.05, 3.63) is 65.5 Å². The Kier molecular flexibility index (Phi) is 4.74. The maximum Gasteiger partial charge on any atom is 0.123 e. The average molecular weight is 272 g/mol. The Morgan fingerprint density at radius 1 is 1.10 bits per heavy atom. The van der Waals surface area contributed by atoms with Crippen LogP contribution in [0.2, 0.25) is 0 Å². The molecule has 0 aliphatic rings. The Morgan fingerprint density at radius 2 is 1.85 bits per heavy atom. The summed E-state index contributed by atoms with van der Waals surface area (Å²) in [6.07, 6.45) is 0.755. The van der Waals surface area contributed by atoms with Gasteiger partial charge in [0.25, 0.3) is 0 Å². The summed E-state index contributed by atoms with van der Waals surface area (Å²) in [5.74, 6) is 0.0111. The Labute approximate surface area is 120 Å². The van der Waals surface area contributed by atoms with Crippen LogP contribution in [0, 0.1) is 5.82 Å². The van der Waals surface area contributed by atoms with Gasteiger partial charge in [-0.1, -0.05) is 24.3 Å². The number of benzene rings is 2. The third-order valence-electron chi connectivity index (χ3n) is 3.51. The van der Waals surface area contributed by atoms with Gasteiger partial charge >= 0.3 is 0 Å². The molecule has 0 bridgehead atoms. The van der Waals surface area contributed by atoms with Crippen molar-refractivity contribution in [2.75, 3.05) is 25.5 Å². The number of anilines is 1. The molecule has 2 rings (SSSR count). The maximum atomic E-state index is 13.3. The second-order valence-electron chi connectivity index (χ2n) is 5.26. The third kappa shape index (κ3) is 3.58. The predicted molar refractivity (Wildman–Crippen MR) is 82.7 cm³/mol. The molecule has 2 nitrogen and oxygen atoms in total. The summed E-state index contributed by atoms with van der Waals surface area (Å²) in [6, 6.07) is 15.1. The van der Waals surface area contributed by atoms with Crippen molar-refractivity contribution in [1.82, 2.24) is 0 Å². The largest absolute Gasteiger partial charge is 0.378 e. The van der Waals surface area contributed by atoms with E-state index in [9.17, 15) is 4.39 Å². The van der Waals surface area contributed by atoms with Gasteiger partial charge < -0.3 is 10.6 Å². The van der Waals surface area contributed by atoms with Crippen molar-refractivity contribution in [1.29, 1.82) is 0 Å². The summed E-state index contributed by atoms with van der Waals surface area (Å²) in [5.41, 5.74) is 9.24. The van der Waals surface area contributed by atoms with E-state index in [1.807, 2.05) is 26.2 Å². The minimum atomic E-state index is -0.194. The maximum absolute atomic E-state index is 13.3. The van der Waals surface area contributed by atoms with Crippen LogP contribution in [-0.2, 0) is 6.42 Å². The summed E-state index contributed by atoms with van der Waals surface area (Å²) >= 11 is 0. The SMILES string of the molecule is CN(C)c1cccc(C(CN)Cc2cccc(F)c2)c1. The average Bonchev–Trinajstić information content (AvgIpc) is 2.45. The quantitative estimate of drug-likeness (QED) is 0.906. The molecule has 1 atom stereocenters. The summed E-state index contributed by atoms with van der Waals surface area (Å²) in [7, 11) is 4.03. The first-order chi connectivity index (χ1) is 9.60. The van der Waals surface area contributed by atoms with E-state index < -0.39 is 0 Å². The fraction of sp³-hybridized carbons (Fsp3) is 0.294. The monoisotopic (exact) mass is 272 g/mol. The highest BCUT2D eigenvalue weighted by Crippen LogP contribution is 2.24. The van der Waals surface area contributed by atoms with E-state index in [-0.39, 0.29) is 11.7 Å². The predicted octanol–water partition coefficient (Wildman–Crippen LogP) is 3.18. The van der Waals surface area contributed by atoms with E-state index >= 15 is 0 Å². The van der Waals surface area contributed by atoms with Gasteiger partial charge in [-0.05, 0) is 48.4 Å². The van der Waals surface area contributed by atoms with Crippen LogP contribution in [0.1, 0.15) is 17.0 Å². The molecule has 0 aromatic heterocycles. The van der Waals surface area contributed by atoms with E-state index in [0.29, 0.717) is 6.54 Å². The summed E-state index contributed by atoms with van der Waals surface area (Å²) in [6.45, 7) is 0.549. The molecule has 20 heavy (non-hydrogen) atoms. The van der Waals surface area contributed by atoms with Crippen LogP contribution in [-0.4, -0.2) is 20.6 Å². The van der Waals surface area contributed by atoms with Gasteiger partial charge in [0.1, 0.15) is 5.82 Å². The molecule has 0 saturated carbocycles. The Balaban J connectivity index is 2.22. The zero-order valence-corrected chi connectivity index (χ0v) is 12.0. The molecular formula is C17H21FN2. The highest BCUT2D eigenvalue weighted by atomic mass is 19.1. The molecule has 1 unspecified atom stereocenters.